The van der Waals surface area contributed by atoms with Crippen molar-refractivity contribution in [1.82, 2.24) is 4.90 Å². The summed E-state index contributed by atoms with van der Waals surface area (Å²) >= 11 is 0. The van der Waals surface area contributed by atoms with Gasteiger partial charge in [0.05, 0.1) is 12.6 Å². The molecule has 4 nitrogen and oxygen atoms in total. The number of hydrogen-bond donors (Lipinski definition) is 1. The lowest BCUT2D eigenvalue weighted by Crippen LogP contribution is -2.40. The van der Waals surface area contributed by atoms with Gasteiger partial charge in [0.25, 0.3) is 0 Å². The molecule has 0 bridgehead atoms. The van der Waals surface area contributed by atoms with Gasteiger partial charge in [0.2, 0.25) is 0 Å². The van der Waals surface area contributed by atoms with Crippen molar-refractivity contribution in [3.05, 3.63) is 35.9 Å². The highest BCUT2D eigenvalue weighted by Gasteiger charge is 2.35. The van der Waals surface area contributed by atoms with Gasteiger partial charge in [0.15, 0.2) is 0 Å². The maximum atomic E-state index is 11.3. The molecule has 0 amide bonds. The Kier molecular flexibility index (Phi) is 4.33. The predicted octanol–water partition coefficient (Wildman–Crippen LogP) is 1.92. The van der Waals surface area contributed by atoms with Gasteiger partial charge in [-0.3, -0.25) is 9.69 Å². The Morgan fingerprint density at radius 2 is 2.22 bits per heavy atom. The van der Waals surface area contributed by atoms with E-state index >= 15 is 0 Å². The quantitative estimate of drug-likeness (QED) is 0.866. The highest BCUT2D eigenvalue weighted by molar-refractivity contribution is 5.73. The molecule has 1 aromatic rings. The average molecular weight is 249 g/mol. The summed E-state index contributed by atoms with van der Waals surface area (Å²) in [6, 6.07) is 9.62. The second-order valence-electron chi connectivity index (χ2n) is 4.62. The molecule has 1 aromatic carbocycles. The number of hydrogen-bond acceptors (Lipinski definition) is 3. The Labute approximate surface area is 107 Å². The molecule has 1 aliphatic heterocycles. The van der Waals surface area contributed by atoms with E-state index in [1.807, 2.05) is 35.2 Å². The van der Waals surface area contributed by atoms with Gasteiger partial charge < -0.3 is 9.84 Å². The van der Waals surface area contributed by atoms with Crippen LogP contribution in [0.25, 0.3) is 0 Å². The average Bonchev–Trinajstić information content (AvgIpc) is 2.86. The molecular formula is C14H19NO3. The number of benzene rings is 1. The monoisotopic (exact) mass is 249 g/mol. The van der Waals surface area contributed by atoms with Crippen molar-refractivity contribution >= 4 is 5.97 Å². The molecule has 2 unspecified atom stereocenters. The third-order valence-electron chi connectivity index (χ3n) is 3.49. The zero-order chi connectivity index (χ0) is 13.0. The van der Waals surface area contributed by atoms with Gasteiger partial charge in [-0.05, 0) is 24.9 Å². The largest absolute Gasteiger partial charge is 0.480 e. The van der Waals surface area contributed by atoms with E-state index < -0.39 is 5.97 Å². The van der Waals surface area contributed by atoms with E-state index in [2.05, 4.69) is 0 Å². The van der Waals surface area contributed by atoms with Crippen molar-refractivity contribution in [1.29, 1.82) is 0 Å². The molecule has 18 heavy (non-hydrogen) atoms. The molecule has 0 saturated carbocycles. The molecule has 0 aliphatic carbocycles. The minimum Gasteiger partial charge on any atom is -0.480 e. The second-order valence-corrected chi connectivity index (χ2v) is 4.62. The van der Waals surface area contributed by atoms with Gasteiger partial charge in [-0.25, -0.2) is 0 Å². The van der Waals surface area contributed by atoms with Gasteiger partial charge in [-0.1, -0.05) is 30.3 Å². The zero-order valence-corrected chi connectivity index (χ0v) is 10.6. The summed E-state index contributed by atoms with van der Waals surface area (Å²) in [4.78, 5) is 13.3. The Morgan fingerprint density at radius 1 is 1.50 bits per heavy atom. The molecule has 0 radical (unpaired) electrons. The molecule has 0 spiro atoms. The summed E-state index contributed by atoms with van der Waals surface area (Å²) in [6.45, 7) is 1.34. The smallest absolute Gasteiger partial charge is 0.320 e. The number of carboxylic acids is 1. The second kappa shape index (κ2) is 5.98. The van der Waals surface area contributed by atoms with Crippen LogP contribution in [0.5, 0.6) is 0 Å². The third kappa shape index (κ3) is 2.71. The fraction of sp³-hybridized carbons (Fsp3) is 0.500. The van der Waals surface area contributed by atoms with Crippen LogP contribution in [0, 0.1) is 0 Å². The minimum absolute atomic E-state index is 0.0276. The lowest BCUT2D eigenvalue weighted by atomic mass is 10.0. The molecule has 98 valence electrons. The van der Waals surface area contributed by atoms with Gasteiger partial charge >= 0.3 is 5.97 Å². The van der Waals surface area contributed by atoms with Crippen LogP contribution in [-0.2, 0) is 9.53 Å². The Morgan fingerprint density at radius 3 is 2.83 bits per heavy atom. The first-order valence-electron chi connectivity index (χ1n) is 6.26. The van der Waals surface area contributed by atoms with Crippen molar-refractivity contribution < 1.29 is 14.6 Å². The van der Waals surface area contributed by atoms with Crippen LogP contribution in [0.4, 0.5) is 0 Å². The first-order valence-corrected chi connectivity index (χ1v) is 6.26. The lowest BCUT2D eigenvalue weighted by molar-refractivity contribution is -0.143. The van der Waals surface area contributed by atoms with Crippen LogP contribution < -0.4 is 0 Å². The Hall–Kier alpha value is -1.39. The van der Waals surface area contributed by atoms with E-state index in [-0.39, 0.29) is 12.1 Å². The molecule has 1 heterocycles. The van der Waals surface area contributed by atoms with E-state index in [0.717, 1.165) is 24.9 Å². The Balaban J connectivity index is 2.22. The number of ether oxygens (including phenoxy) is 1. The maximum absolute atomic E-state index is 11.3. The first-order chi connectivity index (χ1) is 8.74. The fourth-order valence-corrected chi connectivity index (χ4v) is 2.64. The minimum atomic E-state index is -0.732. The van der Waals surface area contributed by atoms with Crippen LogP contribution in [0.3, 0.4) is 0 Å². The van der Waals surface area contributed by atoms with Crippen LogP contribution in [0.2, 0.25) is 0 Å². The van der Waals surface area contributed by atoms with Gasteiger partial charge in [0, 0.05) is 7.11 Å². The highest BCUT2D eigenvalue weighted by Crippen LogP contribution is 2.29. The fourth-order valence-electron chi connectivity index (χ4n) is 2.64. The van der Waals surface area contributed by atoms with Crippen LogP contribution in [0.1, 0.15) is 24.4 Å². The van der Waals surface area contributed by atoms with E-state index in [4.69, 9.17) is 4.74 Å². The van der Waals surface area contributed by atoms with Crippen molar-refractivity contribution in [3.63, 3.8) is 0 Å². The van der Waals surface area contributed by atoms with E-state index in [9.17, 15) is 9.90 Å². The molecule has 2 atom stereocenters. The summed E-state index contributed by atoms with van der Waals surface area (Å²) in [5.41, 5.74) is 1.12. The van der Waals surface area contributed by atoms with Gasteiger partial charge in [-0.2, -0.15) is 0 Å². The number of carboxylic acid groups (broad SMARTS) is 1. The van der Waals surface area contributed by atoms with Crippen molar-refractivity contribution in [2.24, 2.45) is 0 Å². The predicted molar refractivity (Wildman–Crippen MR) is 68.4 cm³/mol. The highest BCUT2D eigenvalue weighted by atomic mass is 16.5. The summed E-state index contributed by atoms with van der Waals surface area (Å²) in [6.07, 6.45) is 1.66. The number of nitrogens with zero attached hydrogens (tertiary/aromatic N) is 1. The summed E-state index contributed by atoms with van der Waals surface area (Å²) in [5.74, 6) is -0.732. The summed E-state index contributed by atoms with van der Waals surface area (Å²) in [5, 5.41) is 9.27. The maximum Gasteiger partial charge on any atom is 0.320 e. The zero-order valence-electron chi connectivity index (χ0n) is 10.6. The van der Waals surface area contributed by atoms with Crippen LogP contribution >= 0.6 is 0 Å². The molecule has 1 N–H and O–H groups in total. The molecule has 4 heteroatoms. The van der Waals surface area contributed by atoms with Gasteiger partial charge in [-0.15, -0.1) is 0 Å². The van der Waals surface area contributed by atoms with Crippen LogP contribution in [0.15, 0.2) is 30.3 Å². The number of carbonyl (C=O) groups is 1. The molecule has 1 fully saturated rings. The third-order valence-corrected chi connectivity index (χ3v) is 3.49. The van der Waals surface area contributed by atoms with Gasteiger partial charge in [0.1, 0.15) is 6.04 Å². The number of aliphatic carboxylic acids is 1. The van der Waals surface area contributed by atoms with Crippen LogP contribution in [-0.4, -0.2) is 42.3 Å². The van der Waals surface area contributed by atoms with Crippen molar-refractivity contribution in [2.75, 3.05) is 20.3 Å². The molecule has 0 aromatic heterocycles. The summed E-state index contributed by atoms with van der Waals surface area (Å²) in [7, 11) is 1.65. The van der Waals surface area contributed by atoms with E-state index in [1.54, 1.807) is 7.11 Å². The summed E-state index contributed by atoms with van der Waals surface area (Å²) < 4.78 is 5.26. The number of rotatable bonds is 5. The SMILES string of the molecule is COCC(c1ccccc1)N1CCCC1C(=O)O. The molecule has 1 aliphatic rings. The first kappa shape index (κ1) is 13.1. The number of likely N-dealkylation sites (tertiary alicyclic amines) is 1. The number of methoxy groups -OCH3 is 1. The molecular weight excluding hydrogens is 230 g/mol. The van der Waals surface area contributed by atoms with E-state index in [1.165, 1.54) is 0 Å². The van der Waals surface area contributed by atoms with E-state index in [0.29, 0.717) is 6.61 Å². The lowest BCUT2D eigenvalue weighted by Gasteiger charge is -2.31. The normalized spacial score (nSPS) is 21.9. The molecule has 1 saturated heterocycles. The topological polar surface area (TPSA) is 49.8 Å². The molecule has 2 rings (SSSR count). The Bertz CT molecular complexity index is 393. The van der Waals surface area contributed by atoms with Crippen molar-refractivity contribution in [3.8, 4) is 0 Å². The standard InChI is InChI=1S/C14H19NO3/c1-18-10-13(11-6-3-2-4-7-11)15-9-5-8-12(15)14(16)17/h2-4,6-7,12-13H,5,8-10H2,1H3,(H,16,17). The van der Waals surface area contributed by atoms with Crippen molar-refractivity contribution in [2.45, 2.75) is 24.9 Å².